The zero-order valence-electron chi connectivity index (χ0n) is 8.36. The highest BCUT2D eigenvalue weighted by Crippen LogP contribution is 2.20. The van der Waals surface area contributed by atoms with Crippen LogP contribution in [0.4, 0.5) is 0 Å². The molecule has 0 spiro atoms. The minimum atomic E-state index is -0.502. The fraction of sp³-hybridized carbons (Fsp3) is 0.182. The van der Waals surface area contributed by atoms with Crippen molar-refractivity contribution in [3.8, 4) is 11.5 Å². The first-order chi connectivity index (χ1) is 6.99. The maximum atomic E-state index is 11.0. The monoisotopic (exact) mass is 208 g/mol. The first-order valence-corrected chi connectivity index (χ1v) is 4.33. The number of benzene rings is 1. The number of esters is 1. The smallest absolute Gasteiger partial charge is 0.333 e. The number of ether oxygens (including phenoxy) is 1. The molecule has 0 radical (unpaired) electrons. The lowest BCUT2D eigenvalue weighted by molar-refractivity contribution is -0.140. The normalized spacial score (nSPS) is 9.67. The second kappa shape index (κ2) is 4.50. The van der Waals surface area contributed by atoms with Gasteiger partial charge in [0.2, 0.25) is 0 Å². The summed E-state index contributed by atoms with van der Waals surface area (Å²) < 4.78 is 4.84. The van der Waals surface area contributed by atoms with E-state index in [1.807, 2.05) is 0 Å². The minimum absolute atomic E-state index is 0.00630. The minimum Gasteiger partial charge on any atom is -0.508 e. The summed E-state index contributed by atoms with van der Waals surface area (Å²) in [6.07, 6.45) is 0. The highest BCUT2D eigenvalue weighted by molar-refractivity contribution is 5.86. The third-order valence-electron chi connectivity index (χ3n) is 1.68. The van der Waals surface area contributed by atoms with Gasteiger partial charge in [-0.25, -0.2) is 4.79 Å². The Morgan fingerprint density at radius 2 is 1.87 bits per heavy atom. The van der Waals surface area contributed by atoms with E-state index in [9.17, 15) is 4.79 Å². The van der Waals surface area contributed by atoms with Crippen LogP contribution < -0.4 is 0 Å². The molecule has 0 aliphatic heterocycles. The molecule has 1 aromatic carbocycles. The van der Waals surface area contributed by atoms with Crippen molar-refractivity contribution in [2.75, 3.05) is 0 Å². The van der Waals surface area contributed by atoms with Gasteiger partial charge in [-0.15, -0.1) is 0 Å². The summed E-state index contributed by atoms with van der Waals surface area (Å²) in [6.45, 7) is 4.97. The van der Waals surface area contributed by atoms with E-state index in [1.165, 1.54) is 18.2 Å². The van der Waals surface area contributed by atoms with Gasteiger partial charge in [-0.2, -0.15) is 0 Å². The molecule has 1 rings (SSSR count). The van der Waals surface area contributed by atoms with E-state index in [4.69, 9.17) is 14.9 Å². The van der Waals surface area contributed by atoms with E-state index >= 15 is 0 Å². The lowest BCUT2D eigenvalue weighted by Gasteiger charge is -2.05. The zero-order chi connectivity index (χ0) is 11.4. The first kappa shape index (κ1) is 11.1. The van der Waals surface area contributed by atoms with Crippen LogP contribution in [0.15, 0.2) is 30.4 Å². The van der Waals surface area contributed by atoms with Crippen molar-refractivity contribution >= 4 is 5.97 Å². The summed E-state index contributed by atoms with van der Waals surface area (Å²) in [5.74, 6) is -0.648. The van der Waals surface area contributed by atoms with Crippen LogP contribution >= 0.6 is 0 Å². The van der Waals surface area contributed by atoms with Gasteiger partial charge in [0.05, 0.1) is 0 Å². The SMILES string of the molecule is C=C(C)C(=O)OCc1cc(O)cc(O)c1. The second-order valence-corrected chi connectivity index (χ2v) is 3.21. The van der Waals surface area contributed by atoms with Gasteiger partial charge in [-0.05, 0) is 24.6 Å². The third kappa shape index (κ3) is 3.34. The molecule has 4 nitrogen and oxygen atoms in total. The highest BCUT2D eigenvalue weighted by atomic mass is 16.5. The van der Waals surface area contributed by atoms with Crippen molar-refractivity contribution in [2.45, 2.75) is 13.5 Å². The predicted molar refractivity (Wildman–Crippen MR) is 54.4 cm³/mol. The standard InChI is InChI=1S/C11H12O4/c1-7(2)11(14)15-6-8-3-9(12)5-10(13)4-8/h3-5,12-13H,1,6H2,2H3. The van der Waals surface area contributed by atoms with Crippen LogP contribution in [0.5, 0.6) is 11.5 Å². The Labute approximate surface area is 87.4 Å². The zero-order valence-corrected chi connectivity index (χ0v) is 8.36. The number of phenolic OH excluding ortho intramolecular Hbond substituents is 2. The summed E-state index contributed by atoms with van der Waals surface area (Å²) in [4.78, 5) is 11.0. The van der Waals surface area contributed by atoms with E-state index < -0.39 is 5.97 Å². The van der Waals surface area contributed by atoms with Crippen molar-refractivity contribution < 1.29 is 19.7 Å². The maximum Gasteiger partial charge on any atom is 0.333 e. The van der Waals surface area contributed by atoms with Crippen LogP contribution in [-0.2, 0) is 16.1 Å². The molecule has 0 saturated carbocycles. The molecule has 0 unspecified atom stereocenters. The van der Waals surface area contributed by atoms with E-state index in [-0.39, 0.29) is 18.1 Å². The number of rotatable bonds is 3. The number of aromatic hydroxyl groups is 2. The van der Waals surface area contributed by atoms with Crippen LogP contribution in [0, 0.1) is 0 Å². The Morgan fingerprint density at radius 1 is 1.33 bits per heavy atom. The molecule has 0 heterocycles. The van der Waals surface area contributed by atoms with Crippen LogP contribution in [-0.4, -0.2) is 16.2 Å². The number of hydrogen-bond acceptors (Lipinski definition) is 4. The Morgan fingerprint density at radius 3 is 2.33 bits per heavy atom. The number of phenols is 2. The molecule has 15 heavy (non-hydrogen) atoms. The average Bonchev–Trinajstić information content (AvgIpc) is 2.12. The average molecular weight is 208 g/mol. The summed E-state index contributed by atoms with van der Waals surface area (Å²) in [5.41, 5.74) is 0.821. The molecular formula is C11H12O4. The van der Waals surface area contributed by atoms with E-state index in [2.05, 4.69) is 6.58 Å². The molecule has 0 amide bonds. The van der Waals surface area contributed by atoms with Gasteiger partial charge >= 0.3 is 5.97 Å². The Kier molecular flexibility index (Phi) is 3.33. The van der Waals surface area contributed by atoms with Crippen LogP contribution in [0.25, 0.3) is 0 Å². The van der Waals surface area contributed by atoms with E-state index in [1.54, 1.807) is 6.92 Å². The first-order valence-electron chi connectivity index (χ1n) is 4.33. The Balaban J connectivity index is 2.65. The number of carbonyl (C=O) groups is 1. The van der Waals surface area contributed by atoms with Crippen molar-refractivity contribution in [1.82, 2.24) is 0 Å². The van der Waals surface area contributed by atoms with Gasteiger partial charge < -0.3 is 14.9 Å². The van der Waals surface area contributed by atoms with Gasteiger partial charge in [-0.1, -0.05) is 6.58 Å². The van der Waals surface area contributed by atoms with Gasteiger partial charge in [0.25, 0.3) is 0 Å². The molecule has 0 fully saturated rings. The third-order valence-corrected chi connectivity index (χ3v) is 1.68. The summed E-state index contributed by atoms with van der Waals surface area (Å²) in [7, 11) is 0. The topological polar surface area (TPSA) is 66.8 Å². The van der Waals surface area contributed by atoms with Gasteiger partial charge in [0, 0.05) is 11.6 Å². The molecule has 2 N–H and O–H groups in total. The maximum absolute atomic E-state index is 11.0. The van der Waals surface area contributed by atoms with Crippen molar-refractivity contribution in [1.29, 1.82) is 0 Å². The van der Waals surface area contributed by atoms with Gasteiger partial charge in [0.1, 0.15) is 18.1 Å². The summed E-state index contributed by atoms with van der Waals surface area (Å²) in [6, 6.07) is 4.01. The van der Waals surface area contributed by atoms with Crippen LogP contribution in [0.1, 0.15) is 12.5 Å². The molecule has 1 aromatic rings. The van der Waals surface area contributed by atoms with E-state index in [0.717, 1.165) is 0 Å². The molecule has 80 valence electrons. The van der Waals surface area contributed by atoms with Crippen molar-refractivity contribution in [3.63, 3.8) is 0 Å². The molecule has 0 aliphatic carbocycles. The number of hydrogen-bond donors (Lipinski definition) is 2. The van der Waals surface area contributed by atoms with Crippen molar-refractivity contribution in [2.24, 2.45) is 0 Å². The highest BCUT2D eigenvalue weighted by Gasteiger charge is 2.05. The van der Waals surface area contributed by atoms with Gasteiger partial charge in [-0.3, -0.25) is 0 Å². The van der Waals surface area contributed by atoms with Gasteiger partial charge in [0.15, 0.2) is 0 Å². The molecular weight excluding hydrogens is 196 g/mol. The summed E-state index contributed by atoms with van der Waals surface area (Å²) >= 11 is 0. The van der Waals surface area contributed by atoms with Crippen LogP contribution in [0.3, 0.4) is 0 Å². The molecule has 0 saturated heterocycles. The molecule has 0 bridgehead atoms. The molecule has 0 aromatic heterocycles. The van der Waals surface area contributed by atoms with Crippen LogP contribution in [0.2, 0.25) is 0 Å². The Bertz CT molecular complexity index is 375. The molecule has 4 heteroatoms. The molecule has 0 aliphatic rings. The van der Waals surface area contributed by atoms with Crippen molar-refractivity contribution in [3.05, 3.63) is 35.9 Å². The predicted octanol–water partition coefficient (Wildman–Crippen LogP) is 1.72. The second-order valence-electron chi connectivity index (χ2n) is 3.21. The largest absolute Gasteiger partial charge is 0.508 e. The quantitative estimate of drug-likeness (QED) is 0.586. The summed E-state index contributed by atoms with van der Waals surface area (Å²) in [5, 5.41) is 18.3. The lowest BCUT2D eigenvalue weighted by atomic mass is 10.2. The Hall–Kier alpha value is -1.97. The molecule has 0 atom stereocenters. The fourth-order valence-electron chi connectivity index (χ4n) is 1.01. The number of carbonyl (C=O) groups excluding carboxylic acids is 1. The fourth-order valence-corrected chi connectivity index (χ4v) is 1.01. The lowest BCUT2D eigenvalue weighted by Crippen LogP contribution is -2.04. The van der Waals surface area contributed by atoms with E-state index in [0.29, 0.717) is 11.1 Å².